The molecule has 0 spiro atoms. The second-order valence-corrected chi connectivity index (χ2v) is 5.73. The largest absolute Gasteiger partial charge is 0.352 e. The number of rotatable bonds is 8. The van der Waals surface area contributed by atoms with Crippen molar-refractivity contribution in [3.63, 3.8) is 0 Å². The number of carbonyl (C=O) groups is 2. The molecule has 0 saturated carbocycles. The molecule has 1 atom stereocenters. The zero-order chi connectivity index (χ0) is 18.1. The summed E-state index contributed by atoms with van der Waals surface area (Å²) < 4.78 is 0. The molecule has 2 rings (SSSR count). The quantitative estimate of drug-likeness (QED) is 0.791. The SMILES string of the molecule is CCC(C)N(CCC(=O)NCc1ccncc1)C(=O)c1cnccn1. The first-order valence-corrected chi connectivity index (χ1v) is 8.34. The van der Waals surface area contributed by atoms with Gasteiger partial charge in [-0.25, -0.2) is 4.98 Å². The van der Waals surface area contributed by atoms with Gasteiger partial charge < -0.3 is 10.2 Å². The number of carbonyl (C=O) groups excluding carboxylic acids is 2. The highest BCUT2D eigenvalue weighted by Gasteiger charge is 2.22. The van der Waals surface area contributed by atoms with Gasteiger partial charge in [-0.1, -0.05) is 6.92 Å². The Morgan fingerprint density at radius 1 is 1.16 bits per heavy atom. The predicted molar refractivity (Wildman–Crippen MR) is 93.5 cm³/mol. The number of hydrogen-bond acceptors (Lipinski definition) is 5. The van der Waals surface area contributed by atoms with Crippen LogP contribution in [0.5, 0.6) is 0 Å². The second kappa shape index (κ2) is 9.46. The van der Waals surface area contributed by atoms with E-state index in [1.165, 1.54) is 18.6 Å². The van der Waals surface area contributed by atoms with Gasteiger partial charge in [0, 0.05) is 50.3 Å². The van der Waals surface area contributed by atoms with Crippen LogP contribution in [0.4, 0.5) is 0 Å². The van der Waals surface area contributed by atoms with E-state index in [4.69, 9.17) is 0 Å². The average Bonchev–Trinajstić information content (AvgIpc) is 2.67. The van der Waals surface area contributed by atoms with Gasteiger partial charge in [-0.15, -0.1) is 0 Å². The maximum atomic E-state index is 12.6. The van der Waals surface area contributed by atoms with Crippen molar-refractivity contribution in [2.24, 2.45) is 0 Å². The van der Waals surface area contributed by atoms with Gasteiger partial charge in [0.05, 0.1) is 6.20 Å². The summed E-state index contributed by atoms with van der Waals surface area (Å²) in [6.07, 6.45) is 8.87. The number of aromatic nitrogens is 3. The number of amides is 2. The summed E-state index contributed by atoms with van der Waals surface area (Å²) in [5.74, 6) is -0.304. The minimum atomic E-state index is -0.204. The fourth-order valence-electron chi connectivity index (χ4n) is 2.31. The normalized spacial score (nSPS) is 11.6. The summed E-state index contributed by atoms with van der Waals surface area (Å²) in [6.45, 7) is 4.75. The third-order valence-corrected chi connectivity index (χ3v) is 3.98. The van der Waals surface area contributed by atoms with Crippen LogP contribution in [0.2, 0.25) is 0 Å². The third kappa shape index (κ3) is 5.63. The van der Waals surface area contributed by atoms with Crippen molar-refractivity contribution in [3.05, 3.63) is 54.4 Å². The Balaban J connectivity index is 1.91. The van der Waals surface area contributed by atoms with Gasteiger partial charge in [-0.05, 0) is 31.0 Å². The van der Waals surface area contributed by atoms with Gasteiger partial charge in [0.2, 0.25) is 5.91 Å². The lowest BCUT2D eigenvalue weighted by Crippen LogP contribution is -2.41. The molecule has 132 valence electrons. The molecule has 25 heavy (non-hydrogen) atoms. The van der Waals surface area contributed by atoms with Crippen molar-refractivity contribution in [1.29, 1.82) is 0 Å². The van der Waals surface area contributed by atoms with Crippen LogP contribution in [-0.2, 0) is 11.3 Å². The van der Waals surface area contributed by atoms with Gasteiger partial charge in [0.15, 0.2) is 0 Å². The van der Waals surface area contributed by atoms with Crippen LogP contribution in [0, 0.1) is 0 Å². The number of pyridine rings is 1. The van der Waals surface area contributed by atoms with E-state index in [-0.39, 0.29) is 24.3 Å². The highest BCUT2D eigenvalue weighted by atomic mass is 16.2. The maximum Gasteiger partial charge on any atom is 0.274 e. The highest BCUT2D eigenvalue weighted by Crippen LogP contribution is 2.09. The minimum Gasteiger partial charge on any atom is -0.352 e. The first-order valence-electron chi connectivity index (χ1n) is 8.34. The van der Waals surface area contributed by atoms with Gasteiger partial charge in [0.25, 0.3) is 5.91 Å². The van der Waals surface area contributed by atoms with E-state index in [0.717, 1.165) is 12.0 Å². The Labute approximate surface area is 147 Å². The second-order valence-electron chi connectivity index (χ2n) is 5.73. The lowest BCUT2D eigenvalue weighted by molar-refractivity contribution is -0.121. The zero-order valence-corrected chi connectivity index (χ0v) is 14.6. The molecule has 7 nitrogen and oxygen atoms in total. The molecule has 0 bridgehead atoms. The first-order chi connectivity index (χ1) is 12.1. The number of nitrogens with zero attached hydrogens (tertiary/aromatic N) is 4. The van der Waals surface area contributed by atoms with Gasteiger partial charge >= 0.3 is 0 Å². The van der Waals surface area contributed by atoms with E-state index >= 15 is 0 Å². The van der Waals surface area contributed by atoms with Crippen molar-refractivity contribution < 1.29 is 9.59 Å². The van der Waals surface area contributed by atoms with Crippen molar-refractivity contribution in [2.45, 2.75) is 39.3 Å². The van der Waals surface area contributed by atoms with Crippen LogP contribution in [0.25, 0.3) is 0 Å². The van der Waals surface area contributed by atoms with Gasteiger partial charge in [-0.3, -0.25) is 19.6 Å². The van der Waals surface area contributed by atoms with Crippen LogP contribution in [0.15, 0.2) is 43.1 Å². The van der Waals surface area contributed by atoms with E-state index in [1.807, 2.05) is 26.0 Å². The smallest absolute Gasteiger partial charge is 0.274 e. The van der Waals surface area contributed by atoms with Gasteiger partial charge in [0.1, 0.15) is 5.69 Å². The van der Waals surface area contributed by atoms with E-state index < -0.39 is 0 Å². The topological polar surface area (TPSA) is 88.1 Å². The van der Waals surface area contributed by atoms with Crippen molar-refractivity contribution in [2.75, 3.05) is 6.54 Å². The van der Waals surface area contributed by atoms with E-state index in [2.05, 4.69) is 20.3 Å². The monoisotopic (exact) mass is 341 g/mol. The molecule has 0 saturated heterocycles. The molecular formula is C18H23N5O2. The molecule has 7 heteroatoms. The maximum absolute atomic E-state index is 12.6. The molecule has 1 N–H and O–H groups in total. The summed E-state index contributed by atoms with van der Waals surface area (Å²) in [7, 11) is 0. The number of nitrogens with one attached hydrogen (secondary N) is 1. The summed E-state index contributed by atoms with van der Waals surface area (Å²) in [6, 6.07) is 3.72. The van der Waals surface area contributed by atoms with E-state index in [0.29, 0.717) is 18.8 Å². The molecule has 2 aromatic rings. The lowest BCUT2D eigenvalue weighted by Gasteiger charge is -2.28. The summed E-state index contributed by atoms with van der Waals surface area (Å²) in [5.41, 5.74) is 1.28. The molecule has 0 aromatic carbocycles. The minimum absolute atomic E-state index is 0.0162. The van der Waals surface area contributed by atoms with Gasteiger partial charge in [-0.2, -0.15) is 0 Å². The van der Waals surface area contributed by atoms with Crippen molar-refractivity contribution in [3.8, 4) is 0 Å². The fourth-order valence-corrected chi connectivity index (χ4v) is 2.31. The Hall–Kier alpha value is -2.83. The van der Waals surface area contributed by atoms with Crippen LogP contribution in [0.1, 0.15) is 42.7 Å². The summed E-state index contributed by atoms with van der Waals surface area (Å²) in [4.78, 5) is 38.3. The molecule has 0 radical (unpaired) electrons. The van der Waals surface area contributed by atoms with Crippen molar-refractivity contribution >= 4 is 11.8 Å². The lowest BCUT2D eigenvalue weighted by atomic mass is 10.2. The molecule has 0 fully saturated rings. The highest BCUT2D eigenvalue weighted by molar-refractivity contribution is 5.92. The Morgan fingerprint density at radius 2 is 1.92 bits per heavy atom. The number of hydrogen-bond donors (Lipinski definition) is 1. The molecule has 2 amide bonds. The summed E-state index contributed by atoms with van der Waals surface area (Å²) in [5, 5.41) is 2.86. The first kappa shape index (κ1) is 18.5. The Morgan fingerprint density at radius 3 is 2.56 bits per heavy atom. The molecule has 2 aromatic heterocycles. The Kier molecular flexibility index (Phi) is 7.00. The fraction of sp³-hybridized carbons (Fsp3) is 0.389. The van der Waals surface area contributed by atoms with E-state index in [9.17, 15) is 9.59 Å². The molecule has 0 aliphatic carbocycles. The standard InChI is InChI=1S/C18H23N5O2/c1-3-14(2)23(18(25)16-13-20-9-10-21-16)11-6-17(24)22-12-15-4-7-19-8-5-15/h4-5,7-10,13-14H,3,6,11-12H2,1-2H3,(H,22,24). The van der Waals surface area contributed by atoms with Crippen LogP contribution < -0.4 is 5.32 Å². The molecule has 1 unspecified atom stereocenters. The average molecular weight is 341 g/mol. The predicted octanol–water partition coefficient (Wildman–Crippen LogP) is 1.82. The van der Waals surface area contributed by atoms with Crippen LogP contribution in [-0.4, -0.2) is 44.3 Å². The third-order valence-electron chi connectivity index (χ3n) is 3.98. The Bertz CT molecular complexity index is 678. The molecular weight excluding hydrogens is 318 g/mol. The molecule has 2 heterocycles. The van der Waals surface area contributed by atoms with Crippen LogP contribution in [0.3, 0.4) is 0 Å². The molecule has 0 aliphatic rings. The zero-order valence-electron chi connectivity index (χ0n) is 14.6. The van der Waals surface area contributed by atoms with Crippen LogP contribution >= 0.6 is 0 Å². The van der Waals surface area contributed by atoms with E-state index in [1.54, 1.807) is 17.3 Å². The summed E-state index contributed by atoms with van der Waals surface area (Å²) >= 11 is 0. The van der Waals surface area contributed by atoms with Crippen molar-refractivity contribution in [1.82, 2.24) is 25.2 Å². The molecule has 0 aliphatic heterocycles.